The van der Waals surface area contributed by atoms with Gasteiger partial charge in [0.25, 0.3) is 0 Å². The van der Waals surface area contributed by atoms with Gasteiger partial charge in [-0.2, -0.15) is 5.26 Å². The number of hydrogen-bond acceptors (Lipinski definition) is 2. The van der Waals surface area contributed by atoms with Crippen molar-refractivity contribution in [2.75, 3.05) is 0 Å². The van der Waals surface area contributed by atoms with E-state index in [-0.39, 0.29) is 0 Å². The Morgan fingerprint density at radius 3 is 2.93 bits per heavy atom. The summed E-state index contributed by atoms with van der Waals surface area (Å²) >= 11 is 5.99. The number of nitrogens with zero attached hydrogens (tertiary/aromatic N) is 3. The van der Waals surface area contributed by atoms with Crippen LogP contribution in [0.4, 0.5) is 0 Å². The summed E-state index contributed by atoms with van der Waals surface area (Å²) in [6.45, 7) is 0. The van der Waals surface area contributed by atoms with Gasteiger partial charge in [0.05, 0.1) is 27.9 Å². The van der Waals surface area contributed by atoms with Crippen molar-refractivity contribution in [1.82, 2.24) is 9.55 Å². The fraction of sp³-hybridized carbons (Fsp3) is 0.273. The molecule has 15 heavy (non-hydrogen) atoms. The van der Waals surface area contributed by atoms with Crippen LogP contribution in [-0.4, -0.2) is 9.55 Å². The molecule has 74 valence electrons. The van der Waals surface area contributed by atoms with Crippen LogP contribution in [-0.2, 0) is 0 Å². The molecule has 1 aromatic carbocycles. The highest BCUT2D eigenvalue weighted by Gasteiger charge is 2.25. The van der Waals surface area contributed by atoms with Crippen molar-refractivity contribution in [2.45, 2.75) is 18.9 Å². The van der Waals surface area contributed by atoms with Gasteiger partial charge in [0.15, 0.2) is 0 Å². The van der Waals surface area contributed by atoms with Gasteiger partial charge in [-0.25, -0.2) is 4.98 Å². The zero-order chi connectivity index (χ0) is 10.4. The van der Waals surface area contributed by atoms with E-state index < -0.39 is 0 Å². The molecule has 0 spiro atoms. The second kappa shape index (κ2) is 2.98. The first-order chi connectivity index (χ1) is 7.29. The van der Waals surface area contributed by atoms with Gasteiger partial charge in [-0.05, 0) is 25.0 Å². The first kappa shape index (κ1) is 8.75. The van der Waals surface area contributed by atoms with Crippen LogP contribution in [0.3, 0.4) is 0 Å². The van der Waals surface area contributed by atoms with Crippen molar-refractivity contribution in [3.8, 4) is 6.07 Å². The predicted octanol–water partition coefficient (Wildman–Crippen LogP) is 2.90. The molecule has 1 saturated carbocycles. The minimum Gasteiger partial charge on any atom is -0.327 e. The van der Waals surface area contributed by atoms with Gasteiger partial charge in [-0.1, -0.05) is 11.6 Å². The molecule has 0 radical (unpaired) electrons. The summed E-state index contributed by atoms with van der Waals surface area (Å²) in [5.41, 5.74) is 2.37. The molecule has 1 heterocycles. The zero-order valence-corrected chi connectivity index (χ0v) is 8.70. The molecule has 1 aromatic heterocycles. The molecule has 0 saturated heterocycles. The first-order valence-corrected chi connectivity index (χ1v) is 5.23. The van der Waals surface area contributed by atoms with Crippen LogP contribution in [0.5, 0.6) is 0 Å². The van der Waals surface area contributed by atoms with Crippen LogP contribution >= 0.6 is 11.6 Å². The maximum Gasteiger partial charge on any atom is 0.101 e. The number of hydrogen-bond donors (Lipinski definition) is 0. The Hall–Kier alpha value is -1.53. The third-order valence-corrected chi connectivity index (χ3v) is 3.04. The lowest BCUT2D eigenvalue weighted by Crippen LogP contribution is -1.90. The molecule has 0 aliphatic heterocycles. The summed E-state index contributed by atoms with van der Waals surface area (Å²) in [4.78, 5) is 4.28. The van der Waals surface area contributed by atoms with Crippen LogP contribution in [0.25, 0.3) is 11.0 Å². The molecular weight excluding hydrogens is 210 g/mol. The molecule has 1 aliphatic carbocycles. The van der Waals surface area contributed by atoms with E-state index in [4.69, 9.17) is 16.9 Å². The van der Waals surface area contributed by atoms with E-state index in [0.29, 0.717) is 16.6 Å². The second-order valence-corrected chi connectivity index (χ2v) is 4.22. The average molecular weight is 218 g/mol. The lowest BCUT2D eigenvalue weighted by Gasteiger charge is -2.01. The molecule has 1 fully saturated rings. The second-order valence-electron chi connectivity index (χ2n) is 3.82. The number of imidazole rings is 1. The Labute approximate surface area is 91.9 Å². The average Bonchev–Trinajstić information content (AvgIpc) is 2.99. The smallest absolute Gasteiger partial charge is 0.101 e. The minimum atomic E-state index is 0.491. The predicted molar refractivity (Wildman–Crippen MR) is 57.7 cm³/mol. The lowest BCUT2D eigenvalue weighted by molar-refractivity contribution is 0.766. The Balaban J connectivity index is 2.28. The summed E-state index contributed by atoms with van der Waals surface area (Å²) < 4.78 is 2.14. The van der Waals surface area contributed by atoms with E-state index in [9.17, 15) is 0 Å². The molecule has 0 N–H and O–H groups in total. The number of benzene rings is 1. The van der Waals surface area contributed by atoms with E-state index in [0.717, 1.165) is 11.0 Å². The Kier molecular flexibility index (Phi) is 1.74. The summed E-state index contributed by atoms with van der Waals surface area (Å²) in [6, 6.07) is 6.22. The molecule has 0 unspecified atom stereocenters. The SMILES string of the molecule is N#Cc1cc2ncn(C3CC3)c2cc1Cl. The van der Waals surface area contributed by atoms with Gasteiger partial charge in [0, 0.05) is 6.04 Å². The lowest BCUT2D eigenvalue weighted by atomic mass is 10.2. The van der Waals surface area contributed by atoms with Crippen molar-refractivity contribution >= 4 is 22.6 Å². The first-order valence-electron chi connectivity index (χ1n) is 4.86. The van der Waals surface area contributed by atoms with Crippen LogP contribution in [0.1, 0.15) is 24.4 Å². The minimum absolute atomic E-state index is 0.491. The normalized spacial score (nSPS) is 15.5. The van der Waals surface area contributed by atoms with Gasteiger partial charge in [0.2, 0.25) is 0 Å². The van der Waals surface area contributed by atoms with Crippen molar-refractivity contribution in [2.24, 2.45) is 0 Å². The fourth-order valence-electron chi connectivity index (χ4n) is 1.78. The van der Waals surface area contributed by atoms with E-state index in [2.05, 4.69) is 15.6 Å². The third kappa shape index (κ3) is 1.30. The van der Waals surface area contributed by atoms with Crippen molar-refractivity contribution < 1.29 is 0 Å². The van der Waals surface area contributed by atoms with Gasteiger partial charge in [0.1, 0.15) is 6.07 Å². The zero-order valence-electron chi connectivity index (χ0n) is 7.94. The number of nitriles is 1. The molecule has 4 heteroatoms. The largest absolute Gasteiger partial charge is 0.327 e. The van der Waals surface area contributed by atoms with Crippen LogP contribution in [0.15, 0.2) is 18.5 Å². The number of rotatable bonds is 1. The summed E-state index contributed by atoms with van der Waals surface area (Å²) in [5.74, 6) is 0. The number of fused-ring (bicyclic) bond motifs is 1. The van der Waals surface area contributed by atoms with Gasteiger partial charge < -0.3 is 4.57 Å². The van der Waals surface area contributed by atoms with Gasteiger partial charge in [-0.3, -0.25) is 0 Å². The molecule has 1 aliphatic rings. The molecule has 0 atom stereocenters. The van der Waals surface area contributed by atoms with Gasteiger partial charge in [-0.15, -0.1) is 0 Å². The Morgan fingerprint density at radius 2 is 2.27 bits per heavy atom. The highest BCUT2D eigenvalue weighted by atomic mass is 35.5. The Morgan fingerprint density at radius 1 is 1.47 bits per heavy atom. The highest BCUT2D eigenvalue weighted by molar-refractivity contribution is 6.32. The van der Waals surface area contributed by atoms with Crippen LogP contribution in [0.2, 0.25) is 5.02 Å². The molecule has 3 nitrogen and oxygen atoms in total. The topological polar surface area (TPSA) is 41.6 Å². The van der Waals surface area contributed by atoms with Crippen molar-refractivity contribution in [1.29, 1.82) is 5.26 Å². The van der Waals surface area contributed by atoms with Gasteiger partial charge >= 0.3 is 0 Å². The summed E-state index contributed by atoms with van der Waals surface area (Å²) in [6.07, 6.45) is 4.26. The van der Waals surface area contributed by atoms with E-state index in [1.54, 1.807) is 6.07 Å². The molecule has 2 aromatic rings. The third-order valence-electron chi connectivity index (χ3n) is 2.72. The van der Waals surface area contributed by atoms with Crippen LogP contribution in [0, 0.1) is 11.3 Å². The number of halogens is 1. The molecule has 0 bridgehead atoms. The van der Waals surface area contributed by atoms with E-state index in [1.165, 1.54) is 12.8 Å². The Bertz CT molecular complexity index is 575. The maximum absolute atomic E-state index is 8.84. The monoisotopic (exact) mass is 217 g/mol. The standard InChI is InChI=1S/C11H8ClN3/c12-9-4-11-10(3-7(9)5-13)14-6-15(11)8-1-2-8/h3-4,6,8H,1-2H2. The van der Waals surface area contributed by atoms with E-state index in [1.807, 2.05) is 12.4 Å². The molecule has 0 amide bonds. The molecular formula is C11H8ClN3. The molecule has 3 rings (SSSR count). The van der Waals surface area contributed by atoms with Crippen LogP contribution < -0.4 is 0 Å². The fourth-order valence-corrected chi connectivity index (χ4v) is 1.98. The van der Waals surface area contributed by atoms with E-state index >= 15 is 0 Å². The quantitative estimate of drug-likeness (QED) is 0.737. The summed E-state index contributed by atoms with van der Waals surface area (Å²) in [5, 5.41) is 9.34. The van der Waals surface area contributed by atoms with Crippen molar-refractivity contribution in [3.05, 3.63) is 29.0 Å². The van der Waals surface area contributed by atoms with Crippen molar-refractivity contribution in [3.63, 3.8) is 0 Å². The highest BCUT2D eigenvalue weighted by Crippen LogP contribution is 2.37. The maximum atomic E-state index is 8.84. The number of aromatic nitrogens is 2. The summed E-state index contributed by atoms with van der Waals surface area (Å²) in [7, 11) is 0.